The van der Waals surface area contributed by atoms with Crippen LogP contribution in [0.4, 0.5) is 0 Å². The minimum absolute atomic E-state index is 0.0397. The number of aromatic amines is 1. The summed E-state index contributed by atoms with van der Waals surface area (Å²) in [6, 6.07) is 12.7. The lowest BCUT2D eigenvalue weighted by molar-refractivity contribution is -0.159. The van der Waals surface area contributed by atoms with Gasteiger partial charge in [0.15, 0.2) is 11.5 Å². The number of aromatic nitrogens is 1. The van der Waals surface area contributed by atoms with Crippen molar-refractivity contribution in [3.05, 3.63) is 59.3 Å². The van der Waals surface area contributed by atoms with Crippen molar-refractivity contribution in [3.63, 3.8) is 0 Å². The molecule has 5 rings (SSSR count). The average molecular weight is 450 g/mol. The molecule has 2 aliphatic rings. The number of ether oxygens (including phenoxy) is 3. The molecule has 0 bridgehead atoms. The number of H-pyrrole nitrogens is 1. The van der Waals surface area contributed by atoms with Crippen LogP contribution in [0, 0.1) is 0 Å². The van der Waals surface area contributed by atoms with Crippen molar-refractivity contribution in [2.45, 2.75) is 18.5 Å². The van der Waals surface area contributed by atoms with Gasteiger partial charge in [-0.05, 0) is 29.3 Å². The molecule has 2 aromatic carbocycles. The zero-order valence-electron chi connectivity index (χ0n) is 19.0. The maximum atomic E-state index is 13.5. The Labute approximate surface area is 192 Å². The number of para-hydroxylation sites is 1. The van der Waals surface area contributed by atoms with Crippen LogP contribution in [0.3, 0.4) is 0 Å². The molecule has 3 heterocycles. The minimum Gasteiger partial charge on any atom is -0.493 e. The van der Waals surface area contributed by atoms with Crippen molar-refractivity contribution in [1.29, 1.82) is 0 Å². The van der Waals surface area contributed by atoms with Gasteiger partial charge in [0.05, 0.1) is 33.4 Å². The number of hydrogen-bond acceptors (Lipinski definition) is 5. The number of carbonyl (C=O) groups is 2. The van der Waals surface area contributed by atoms with Crippen molar-refractivity contribution in [1.82, 2.24) is 14.8 Å². The summed E-state index contributed by atoms with van der Waals surface area (Å²) in [5.41, 5.74) is 3.85. The summed E-state index contributed by atoms with van der Waals surface area (Å²) in [6.45, 7) is 0.828. The maximum Gasteiger partial charge on any atom is 0.246 e. The van der Waals surface area contributed by atoms with Gasteiger partial charge in [-0.3, -0.25) is 9.59 Å². The van der Waals surface area contributed by atoms with Crippen molar-refractivity contribution in [2.24, 2.45) is 0 Å². The molecule has 2 aliphatic heterocycles. The molecule has 0 radical (unpaired) electrons. The number of piperazine rings is 1. The van der Waals surface area contributed by atoms with Crippen LogP contribution in [0.2, 0.25) is 0 Å². The van der Waals surface area contributed by atoms with Gasteiger partial charge in [-0.2, -0.15) is 0 Å². The zero-order valence-corrected chi connectivity index (χ0v) is 19.0. The summed E-state index contributed by atoms with van der Waals surface area (Å²) in [5.74, 6) is 1.05. The van der Waals surface area contributed by atoms with Crippen molar-refractivity contribution >= 4 is 22.7 Å². The second-order valence-corrected chi connectivity index (χ2v) is 8.35. The molecule has 3 aromatic rings. The van der Waals surface area contributed by atoms with Gasteiger partial charge < -0.3 is 29.0 Å². The summed E-state index contributed by atoms with van der Waals surface area (Å²) in [4.78, 5) is 33.8. The highest BCUT2D eigenvalue weighted by atomic mass is 16.5. The van der Waals surface area contributed by atoms with Crippen LogP contribution in [0.25, 0.3) is 10.9 Å². The molecule has 2 amide bonds. The number of methoxy groups -OCH3 is 3. The van der Waals surface area contributed by atoms with E-state index in [1.807, 2.05) is 36.4 Å². The van der Waals surface area contributed by atoms with Gasteiger partial charge in [0.25, 0.3) is 0 Å². The summed E-state index contributed by atoms with van der Waals surface area (Å²) in [5, 5.41) is 1.08. The number of benzene rings is 2. The Hall–Kier alpha value is -3.52. The molecule has 1 aromatic heterocycles. The molecule has 172 valence electrons. The second-order valence-electron chi connectivity index (χ2n) is 8.35. The number of carbonyl (C=O) groups excluding carboxylic acids is 2. The monoisotopic (exact) mass is 449 g/mol. The van der Waals surface area contributed by atoms with Crippen LogP contribution in [0.1, 0.15) is 22.9 Å². The first-order valence-corrected chi connectivity index (χ1v) is 11.0. The van der Waals surface area contributed by atoms with Gasteiger partial charge >= 0.3 is 0 Å². The fraction of sp³-hybridized carbons (Fsp3) is 0.360. The van der Waals surface area contributed by atoms with Gasteiger partial charge in [0.2, 0.25) is 11.8 Å². The van der Waals surface area contributed by atoms with E-state index in [0.29, 0.717) is 31.1 Å². The Kier molecular flexibility index (Phi) is 5.46. The van der Waals surface area contributed by atoms with Crippen LogP contribution in [-0.2, 0) is 20.7 Å². The average Bonchev–Trinajstić information content (AvgIpc) is 3.22. The van der Waals surface area contributed by atoms with Crippen molar-refractivity contribution < 1.29 is 23.8 Å². The summed E-state index contributed by atoms with van der Waals surface area (Å²) >= 11 is 0. The third-order valence-corrected chi connectivity index (χ3v) is 6.63. The quantitative estimate of drug-likeness (QED) is 0.625. The molecule has 1 saturated heterocycles. The molecule has 1 unspecified atom stereocenters. The molecule has 0 aliphatic carbocycles. The first-order chi connectivity index (χ1) is 16.1. The van der Waals surface area contributed by atoms with E-state index in [1.165, 1.54) is 0 Å². The van der Waals surface area contributed by atoms with Crippen LogP contribution < -0.4 is 9.47 Å². The van der Waals surface area contributed by atoms with E-state index >= 15 is 0 Å². The Morgan fingerprint density at radius 2 is 1.82 bits per heavy atom. The number of nitrogens with one attached hydrogen (secondary N) is 1. The number of amides is 2. The van der Waals surface area contributed by atoms with Crippen LogP contribution in [-0.4, -0.2) is 73.7 Å². The van der Waals surface area contributed by atoms with E-state index in [4.69, 9.17) is 14.2 Å². The van der Waals surface area contributed by atoms with E-state index in [9.17, 15) is 9.59 Å². The molecule has 0 spiro atoms. The number of rotatable bonds is 6. The van der Waals surface area contributed by atoms with E-state index in [0.717, 1.165) is 27.7 Å². The molecule has 1 fully saturated rings. The van der Waals surface area contributed by atoms with Crippen molar-refractivity contribution in [2.75, 3.05) is 41.0 Å². The molecule has 2 atom stereocenters. The molecule has 33 heavy (non-hydrogen) atoms. The fourth-order valence-corrected chi connectivity index (χ4v) is 5.08. The summed E-state index contributed by atoms with van der Waals surface area (Å²) < 4.78 is 16.1. The molecule has 0 saturated carbocycles. The second kappa shape index (κ2) is 8.44. The van der Waals surface area contributed by atoms with E-state index in [1.54, 1.807) is 31.1 Å². The Morgan fingerprint density at radius 3 is 2.58 bits per heavy atom. The first-order valence-electron chi connectivity index (χ1n) is 11.0. The lowest BCUT2D eigenvalue weighted by Crippen LogP contribution is -2.63. The third kappa shape index (κ3) is 3.41. The molecular weight excluding hydrogens is 422 g/mol. The van der Waals surface area contributed by atoms with Gasteiger partial charge in [0, 0.05) is 36.7 Å². The van der Waals surface area contributed by atoms with Gasteiger partial charge in [-0.15, -0.1) is 0 Å². The van der Waals surface area contributed by atoms with Crippen LogP contribution in [0.5, 0.6) is 11.5 Å². The SMILES string of the molecule is COCCN1CC(=O)N2C(c3ccc(OC)c(OC)c3)c3[nH]c4ccccc4c3C[C@H]2C1=O. The Bertz CT molecular complexity index is 1220. The molecule has 8 nitrogen and oxygen atoms in total. The van der Waals surface area contributed by atoms with Gasteiger partial charge in [-0.25, -0.2) is 0 Å². The first kappa shape index (κ1) is 21.3. The molecular formula is C25H27N3O5. The molecule has 1 N–H and O–H groups in total. The van der Waals surface area contributed by atoms with Gasteiger partial charge in [-0.1, -0.05) is 24.3 Å². The zero-order chi connectivity index (χ0) is 23.1. The standard InChI is InChI=1S/C25H27N3O5/c1-31-11-10-27-14-22(29)28-19(25(27)30)13-17-16-6-4-5-7-18(16)26-23(17)24(28)15-8-9-20(32-2)21(12-15)33-3/h4-9,12,19,24,26H,10-11,13-14H2,1-3H3/t19-,24?/m0/s1. The number of hydrogen-bond donors (Lipinski definition) is 1. The Balaban J connectivity index is 1.67. The minimum atomic E-state index is -0.576. The normalized spacial score (nSPS) is 20.1. The smallest absolute Gasteiger partial charge is 0.246 e. The largest absolute Gasteiger partial charge is 0.493 e. The number of fused-ring (bicyclic) bond motifs is 4. The fourth-order valence-electron chi connectivity index (χ4n) is 5.08. The lowest BCUT2D eigenvalue weighted by atomic mass is 9.86. The lowest BCUT2D eigenvalue weighted by Gasteiger charge is -2.47. The van der Waals surface area contributed by atoms with Crippen molar-refractivity contribution in [3.8, 4) is 11.5 Å². The van der Waals surface area contributed by atoms with E-state index < -0.39 is 12.1 Å². The molecule has 8 heteroatoms. The summed E-state index contributed by atoms with van der Waals surface area (Å²) in [7, 11) is 4.77. The van der Waals surface area contributed by atoms with E-state index in [-0.39, 0.29) is 18.4 Å². The van der Waals surface area contributed by atoms with Crippen LogP contribution >= 0.6 is 0 Å². The predicted molar refractivity (Wildman–Crippen MR) is 122 cm³/mol. The maximum absolute atomic E-state index is 13.5. The van der Waals surface area contributed by atoms with E-state index in [2.05, 4.69) is 11.1 Å². The summed E-state index contributed by atoms with van der Waals surface area (Å²) in [6.07, 6.45) is 0.469. The predicted octanol–water partition coefficient (Wildman–Crippen LogP) is 2.52. The number of nitrogens with zero attached hydrogens (tertiary/aromatic N) is 2. The topological polar surface area (TPSA) is 84.1 Å². The third-order valence-electron chi connectivity index (χ3n) is 6.63. The highest BCUT2D eigenvalue weighted by Gasteiger charge is 2.48. The van der Waals surface area contributed by atoms with Crippen LogP contribution in [0.15, 0.2) is 42.5 Å². The highest BCUT2D eigenvalue weighted by molar-refractivity contribution is 5.97. The Morgan fingerprint density at radius 1 is 1.03 bits per heavy atom. The highest BCUT2D eigenvalue weighted by Crippen LogP contribution is 2.44. The van der Waals surface area contributed by atoms with Gasteiger partial charge in [0.1, 0.15) is 6.04 Å².